The van der Waals surface area contributed by atoms with Crippen LogP contribution in [0.5, 0.6) is 0 Å². The summed E-state index contributed by atoms with van der Waals surface area (Å²) in [4.78, 5) is 0. The van der Waals surface area contributed by atoms with E-state index in [-0.39, 0.29) is 6.61 Å². The van der Waals surface area contributed by atoms with Crippen LogP contribution in [0.1, 0.15) is 20.3 Å². The van der Waals surface area contributed by atoms with Crippen molar-refractivity contribution < 1.29 is 14.6 Å². The third kappa shape index (κ3) is 2.25. The molecule has 10 heavy (non-hydrogen) atoms. The topological polar surface area (TPSA) is 38.7 Å². The molecule has 0 rings (SSSR count). The predicted octanol–water partition coefficient (Wildman–Crippen LogP) is 0.768. The molecule has 0 spiro atoms. The van der Waals surface area contributed by atoms with Crippen LogP contribution in [-0.4, -0.2) is 31.2 Å². The van der Waals surface area contributed by atoms with Gasteiger partial charge < -0.3 is 14.6 Å². The van der Waals surface area contributed by atoms with E-state index in [0.29, 0.717) is 13.0 Å². The van der Waals surface area contributed by atoms with E-state index >= 15 is 0 Å². The molecule has 0 aliphatic carbocycles. The van der Waals surface area contributed by atoms with Crippen LogP contribution in [0.15, 0.2) is 0 Å². The minimum atomic E-state index is -0.769. The highest BCUT2D eigenvalue weighted by Crippen LogP contribution is 2.15. The number of methoxy groups -OCH3 is 1. The first-order valence-electron chi connectivity index (χ1n) is 3.54. The van der Waals surface area contributed by atoms with Gasteiger partial charge in [0.05, 0.1) is 6.61 Å². The van der Waals surface area contributed by atoms with Crippen molar-refractivity contribution in [3.8, 4) is 0 Å². The van der Waals surface area contributed by atoms with E-state index < -0.39 is 5.79 Å². The van der Waals surface area contributed by atoms with Gasteiger partial charge in [-0.05, 0) is 6.92 Å². The molecule has 0 radical (unpaired) electrons. The summed E-state index contributed by atoms with van der Waals surface area (Å²) in [5, 5.41) is 8.86. The molecule has 0 aromatic rings. The summed E-state index contributed by atoms with van der Waals surface area (Å²) < 4.78 is 10.2. The fraction of sp³-hybridized carbons (Fsp3) is 1.00. The number of aliphatic hydroxyl groups is 1. The molecule has 3 heteroatoms. The van der Waals surface area contributed by atoms with Crippen molar-refractivity contribution in [2.24, 2.45) is 0 Å². The van der Waals surface area contributed by atoms with Gasteiger partial charge in [-0.1, -0.05) is 6.92 Å². The molecule has 0 heterocycles. The minimum absolute atomic E-state index is 0.0894. The molecule has 0 aromatic heterocycles. The quantitative estimate of drug-likeness (QED) is 0.585. The van der Waals surface area contributed by atoms with Gasteiger partial charge in [-0.2, -0.15) is 0 Å². The van der Waals surface area contributed by atoms with Crippen LogP contribution in [0.4, 0.5) is 0 Å². The summed E-state index contributed by atoms with van der Waals surface area (Å²) in [6.45, 7) is 4.25. The zero-order valence-corrected chi connectivity index (χ0v) is 6.89. The van der Waals surface area contributed by atoms with Crippen molar-refractivity contribution in [3.63, 3.8) is 0 Å². The standard InChI is InChI=1S/C7H16O3/c1-4-7(6-8,9-3)10-5-2/h8H,4-6H2,1-3H3. The maximum Gasteiger partial charge on any atom is 0.190 e. The molecule has 1 N–H and O–H groups in total. The average Bonchev–Trinajstić information content (AvgIpc) is 2.01. The van der Waals surface area contributed by atoms with Gasteiger partial charge in [0.2, 0.25) is 0 Å². The Morgan fingerprint density at radius 1 is 1.40 bits per heavy atom. The fourth-order valence-corrected chi connectivity index (χ4v) is 0.790. The molecule has 0 saturated carbocycles. The van der Waals surface area contributed by atoms with Crippen molar-refractivity contribution in [3.05, 3.63) is 0 Å². The molecule has 0 saturated heterocycles. The third-order valence-electron chi connectivity index (χ3n) is 1.56. The van der Waals surface area contributed by atoms with Gasteiger partial charge in [-0.15, -0.1) is 0 Å². The second-order valence-electron chi connectivity index (χ2n) is 2.06. The van der Waals surface area contributed by atoms with Crippen LogP contribution < -0.4 is 0 Å². The van der Waals surface area contributed by atoms with Crippen molar-refractivity contribution in [1.29, 1.82) is 0 Å². The fourth-order valence-electron chi connectivity index (χ4n) is 0.790. The molecule has 0 aromatic carbocycles. The number of hydrogen-bond acceptors (Lipinski definition) is 3. The predicted molar refractivity (Wildman–Crippen MR) is 38.7 cm³/mol. The summed E-state index contributed by atoms with van der Waals surface area (Å²) in [6.07, 6.45) is 0.661. The molecule has 1 atom stereocenters. The number of aliphatic hydroxyl groups excluding tert-OH is 1. The monoisotopic (exact) mass is 148 g/mol. The lowest BCUT2D eigenvalue weighted by Crippen LogP contribution is -2.38. The number of ether oxygens (including phenoxy) is 2. The normalized spacial score (nSPS) is 16.8. The second-order valence-corrected chi connectivity index (χ2v) is 2.06. The Kier molecular flexibility index (Phi) is 4.60. The lowest BCUT2D eigenvalue weighted by atomic mass is 10.2. The average molecular weight is 148 g/mol. The van der Waals surface area contributed by atoms with E-state index in [4.69, 9.17) is 14.6 Å². The van der Waals surface area contributed by atoms with Gasteiger partial charge in [0.25, 0.3) is 0 Å². The first-order valence-corrected chi connectivity index (χ1v) is 3.54. The number of rotatable bonds is 5. The zero-order valence-electron chi connectivity index (χ0n) is 6.89. The smallest absolute Gasteiger partial charge is 0.190 e. The van der Waals surface area contributed by atoms with E-state index in [1.807, 2.05) is 13.8 Å². The Labute approximate surface area is 62.0 Å². The molecule has 0 bridgehead atoms. The summed E-state index contributed by atoms with van der Waals surface area (Å²) in [5.41, 5.74) is 0. The largest absolute Gasteiger partial charge is 0.391 e. The highest BCUT2D eigenvalue weighted by Gasteiger charge is 2.26. The molecular formula is C7H16O3. The summed E-state index contributed by atoms with van der Waals surface area (Å²) in [5.74, 6) is -0.769. The third-order valence-corrected chi connectivity index (χ3v) is 1.56. The van der Waals surface area contributed by atoms with Crippen molar-refractivity contribution in [1.82, 2.24) is 0 Å². The Morgan fingerprint density at radius 3 is 2.10 bits per heavy atom. The van der Waals surface area contributed by atoms with Crippen molar-refractivity contribution >= 4 is 0 Å². The van der Waals surface area contributed by atoms with Crippen molar-refractivity contribution in [2.45, 2.75) is 26.1 Å². The Bertz CT molecular complexity index is 70.7. The van der Waals surface area contributed by atoms with Gasteiger partial charge in [0.15, 0.2) is 5.79 Å². The van der Waals surface area contributed by atoms with Crippen LogP contribution in [0.2, 0.25) is 0 Å². The minimum Gasteiger partial charge on any atom is -0.391 e. The summed E-state index contributed by atoms with van der Waals surface area (Å²) in [6, 6.07) is 0. The van der Waals surface area contributed by atoms with Gasteiger partial charge in [-0.25, -0.2) is 0 Å². The molecule has 3 nitrogen and oxygen atoms in total. The number of hydrogen-bond donors (Lipinski definition) is 1. The first-order chi connectivity index (χ1) is 4.74. The van der Waals surface area contributed by atoms with Crippen LogP contribution in [0.3, 0.4) is 0 Å². The molecule has 0 aliphatic heterocycles. The Hall–Kier alpha value is -0.120. The molecule has 0 aliphatic rings. The van der Waals surface area contributed by atoms with E-state index in [9.17, 15) is 0 Å². The second kappa shape index (κ2) is 4.66. The molecule has 0 fully saturated rings. The van der Waals surface area contributed by atoms with Crippen molar-refractivity contribution in [2.75, 3.05) is 20.3 Å². The SMILES string of the molecule is CCOC(CC)(CO)OC. The Balaban J connectivity index is 3.87. The van der Waals surface area contributed by atoms with Crippen LogP contribution >= 0.6 is 0 Å². The van der Waals surface area contributed by atoms with Crippen LogP contribution in [-0.2, 0) is 9.47 Å². The van der Waals surface area contributed by atoms with E-state index in [2.05, 4.69) is 0 Å². The van der Waals surface area contributed by atoms with Crippen LogP contribution in [0, 0.1) is 0 Å². The first kappa shape index (κ1) is 9.88. The highest BCUT2D eigenvalue weighted by atomic mass is 16.7. The summed E-state index contributed by atoms with van der Waals surface area (Å²) >= 11 is 0. The lowest BCUT2D eigenvalue weighted by Gasteiger charge is -2.28. The summed E-state index contributed by atoms with van der Waals surface area (Å²) in [7, 11) is 1.54. The highest BCUT2D eigenvalue weighted by molar-refractivity contribution is 4.64. The van der Waals surface area contributed by atoms with Gasteiger partial charge in [-0.3, -0.25) is 0 Å². The zero-order chi connectivity index (χ0) is 8.04. The maximum absolute atomic E-state index is 8.86. The maximum atomic E-state index is 8.86. The van der Waals surface area contributed by atoms with E-state index in [1.165, 1.54) is 7.11 Å². The van der Waals surface area contributed by atoms with Crippen LogP contribution in [0.25, 0.3) is 0 Å². The van der Waals surface area contributed by atoms with Gasteiger partial charge in [0.1, 0.15) is 0 Å². The molecular weight excluding hydrogens is 132 g/mol. The lowest BCUT2D eigenvalue weighted by molar-refractivity contribution is -0.240. The molecule has 0 amide bonds. The molecule has 1 unspecified atom stereocenters. The van der Waals surface area contributed by atoms with Gasteiger partial charge in [0, 0.05) is 20.1 Å². The van der Waals surface area contributed by atoms with E-state index in [0.717, 1.165) is 0 Å². The Morgan fingerprint density at radius 2 is 2.00 bits per heavy atom. The van der Waals surface area contributed by atoms with E-state index in [1.54, 1.807) is 0 Å². The van der Waals surface area contributed by atoms with Gasteiger partial charge >= 0.3 is 0 Å². The molecule has 62 valence electrons.